The summed E-state index contributed by atoms with van der Waals surface area (Å²) in [4.78, 5) is 16.8. The number of benzene rings is 1. The Hall–Kier alpha value is -1.71. The fourth-order valence-electron chi connectivity index (χ4n) is 2.19. The first-order valence-electron chi connectivity index (χ1n) is 6.55. The van der Waals surface area contributed by atoms with E-state index >= 15 is 0 Å². The SMILES string of the molecule is Cc1cc(NS(=O)(=O)c2c(C)nc3sccn3c2=O)ccc1Br. The van der Waals surface area contributed by atoms with Crippen molar-refractivity contribution in [2.75, 3.05) is 4.72 Å². The molecular formula is C14H12BrN3O3S2. The zero-order valence-electron chi connectivity index (χ0n) is 12.2. The second-order valence-electron chi connectivity index (χ2n) is 4.96. The van der Waals surface area contributed by atoms with Crippen molar-refractivity contribution in [3.63, 3.8) is 0 Å². The van der Waals surface area contributed by atoms with Gasteiger partial charge in [0.05, 0.1) is 5.69 Å². The van der Waals surface area contributed by atoms with Gasteiger partial charge in [-0.05, 0) is 37.6 Å². The van der Waals surface area contributed by atoms with E-state index in [2.05, 4.69) is 25.6 Å². The summed E-state index contributed by atoms with van der Waals surface area (Å²) >= 11 is 4.63. The first kappa shape index (κ1) is 16.2. The van der Waals surface area contributed by atoms with Gasteiger partial charge < -0.3 is 0 Å². The van der Waals surface area contributed by atoms with Gasteiger partial charge in [0.2, 0.25) is 0 Å². The average molecular weight is 414 g/mol. The van der Waals surface area contributed by atoms with Crippen LogP contribution >= 0.6 is 27.3 Å². The van der Waals surface area contributed by atoms with Gasteiger partial charge in [0, 0.05) is 21.7 Å². The standard InChI is InChI=1S/C14H12BrN3O3S2/c1-8-7-10(3-4-11(8)15)17-23(20,21)12-9(2)16-14-18(13(12)19)5-6-22-14/h3-7,17H,1-2H3. The molecular weight excluding hydrogens is 402 g/mol. The third-order valence-corrected chi connectivity index (χ3v) is 6.43. The Morgan fingerprint density at radius 2 is 2.04 bits per heavy atom. The lowest BCUT2D eigenvalue weighted by Crippen LogP contribution is -2.27. The third-order valence-electron chi connectivity index (χ3n) is 3.27. The molecule has 0 saturated heterocycles. The summed E-state index contributed by atoms with van der Waals surface area (Å²) in [6.45, 7) is 3.36. The van der Waals surface area contributed by atoms with Gasteiger partial charge in [-0.3, -0.25) is 13.9 Å². The number of sulfonamides is 1. The molecule has 0 amide bonds. The summed E-state index contributed by atoms with van der Waals surface area (Å²) in [5.74, 6) is 0. The Balaban J connectivity index is 2.12. The molecule has 0 radical (unpaired) electrons. The Labute approximate surface area is 145 Å². The van der Waals surface area contributed by atoms with Crippen LogP contribution in [0.4, 0.5) is 5.69 Å². The molecule has 0 fully saturated rings. The van der Waals surface area contributed by atoms with Gasteiger partial charge in [0.1, 0.15) is 0 Å². The number of hydrogen-bond acceptors (Lipinski definition) is 5. The molecule has 3 aromatic rings. The molecule has 1 N–H and O–H groups in total. The number of thiazole rings is 1. The molecule has 0 aliphatic carbocycles. The molecule has 3 rings (SSSR count). The summed E-state index contributed by atoms with van der Waals surface area (Å²) in [6.07, 6.45) is 1.51. The van der Waals surface area contributed by atoms with Crippen molar-refractivity contribution in [1.29, 1.82) is 0 Å². The minimum atomic E-state index is -4.03. The zero-order chi connectivity index (χ0) is 16.8. The highest BCUT2D eigenvalue weighted by Crippen LogP contribution is 2.22. The lowest BCUT2D eigenvalue weighted by atomic mass is 10.2. The van der Waals surface area contributed by atoms with E-state index in [0.29, 0.717) is 10.6 Å². The van der Waals surface area contributed by atoms with Gasteiger partial charge >= 0.3 is 0 Å². The Kier molecular flexibility index (Phi) is 4.03. The summed E-state index contributed by atoms with van der Waals surface area (Å²) in [5, 5.41) is 1.69. The lowest BCUT2D eigenvalue weighted by molar-refractivity contribution is 0.598. The number of anilines is 1. The molecule has 0 aliphatic rings. The minimum absolute atomic E-state index is 0.179. The van der Waals surface area contributed by atoms with E-state index in [1.807, 2.05) is 6.92 Å². The third kappa shape index (κ3) is 2.91. The molecule has 0 spiro atoms. The predicted molar refractivity (Wildman–Crippen MR) is 93.8 cm³/mol. The summed E-state index contributed by atoms with van der Waals surface area (Å²) < 4.78 is 29.8. The Morgan fingerprint density at radius 1 is 1.30 bits per heavy atom. The van der Waals surface area contributed by atoms with Gasteiger partial charge in [-0.25, -0.2) is 13.4 Å². The highest BCUT2D eigenvalue weighted by atomic mass is 79.9. The van der Waals surface area contributed by atoms with Crippen LogP contribution in [0, 0.1) is 13.8 Å². The van der Waals surface area contributed by atoms with E-state index in [4.69, 9.17) is 0 Å². The highest BCUT2D eigenvalue weighted by Gasteiger charge is 2.24. The lowest BCUT2D eigenvalue weighted by Gasteiger charge is -2.10. The van der Waals surface area contributed by atoms with E-state index in [-0.39, 0.29) is 10.6 Å². The summed E-state index contributed by atoms with van der Waals surface area (Å²) in [6, 6.07) is 5.05. The molecule has 0 saturated carbocycles. The van der Waals surface area contributed by atoms with Crippen molar-refractivity contribution < 1.29 is 8.42 Å². The van der Waals surface area contributed by atoms with Crippen LogP contribution in [-0.4, -0.2) is 17.8 Å². The fourth-order valence-corrected chi connectivity index (χ4v) is 4.49. The normalized spacial score (nSPS) is 11.8. The minimum Gasteiger partial charge on any atom is -0.279 e. The summed E-state index contributed by atoms with van der Waals surface area (Å²) in [7, 11) is -4.03. The topological polar surface area (TPSA) is 80.5 Å². The number of nitrogens with one attached hydrogen (secondary N) is 1. The predicted octanol–water partition coefficient (Wildman–Crippen LogP) is 2.94. The Bertz CT molecular complexity index is 1070. The van der Waals surface area contributed by atoms with Crippen LogP contribution in [0.25, 0.3) is 4.96 Å². The van der Waals surface area contributed by atoms with Crippen molar-refractivity contribution in [2.24, 2.45) is 0 Å². The van der Waals surface area contributed by atoms with Crippen LogP contribution in [-0.2, 0) is 10.0 Å². The average Bonchev–Trinajstić information content (AvgIpc) is 2.90. The Morgan fingerprint density at radius 3 is 2.74 bits per heavy atom. The molecule has 2 aromatic heterocycles. The fraction of sp³-hybridized carbons (Fsp3) is 0.143. The van der Waals surface area contributed by atoms with E-state index in [0.717, 1.165) is 10.0 Å². The van der Waals surface area contributed by atoms with Crippen molar-refractivity contribution in [3.05, 3.63) is 55.9 Å². The number of hydrogen-bond donors (Lipinski definition) is 1. The number of halogens is 1. The number of nitrogens with zero attached hydrogens (tertiary/aromatic N) is 2. The summed E-state index contributed by atoms with van der Waals surface area (Å²) in [5.41, 5.74) is 0.846. The zero-order valence-corrected chi connectivity index (χ0v) is 15.4. The van der Waals surface area contributed by atoms with Gasteiger partial charge in [-0.2, -0.15) is 0 Å². The number of fused-ring (bicyclic) bond motifs is 1. The molecule has 6 nitrogen and oxygen atoms in total. The monoisotopic (exact) mass is 413 g/mol. The van der Waals surface area contributed by atoms with Crippen molar-refractivity contribution in [2.45, 2.75) is 18.7 Å². The van der Waals surface area contributed by atoms with Gasteiger partial charge in [-0.1, -0.05) is 15.9 Å². The largest absolute Gasteiger partial charge is 0.279 e. The van der Waals surface area contributed by atoms with Gasteiger partial charge in [0.15, 0.2) is 9.86 Å². The maximum absolute atomic E-state index is 12.6. The number of aryl methyl sites for hydroxylation is 2. The van der Waals surface area contributed by atoms with Crippen molar-refractivity contribution in [3.8, 4) is 0 Å². The molecule has 0 bridgehead atoms. The van der Waals surface area contributed by atoms with E-state index in [1.54, 1.807) is 23.6 Å². The second kappa shape index (κ2) is 5.73. The van der Waals surface area contributed by atoms with Crippen LogP contribution in [0.5, 0.6) is 0 Å². The quantitative estimate of drug-likeness (QED) is 0.715. The molecule has 9 heteroatoms. The molecule has 0 atom stereocenters. The first-order valence-corrected chi connectivity index (χ1v) is 9.70. The molecule has 23 heavy (non-hydrogen) atoms. The highest BCUT2D eigenvalue weighted by molar-refractivity contribution is 9.10. The molecule has 0 aliphatic heterocycles. The van der Waals surface area contributed by atoms with Gasteiger partial charge in [-0.15, -0.1) is 11.3 Å². The van der Waals surface area contributed by atoms with Crippen LogP contribution < -0.4 is 10.3 Å². The number of rotatable bonds is 3. The van der Waals surface area contributed by atoms with Crippen LogP contribution in [0.15, 0.2) is 43.9 Å². The first-order chi connectivity index (χ1) is 10.8. The van der Waals surface area contributed by atoms with Crippen LogP contribution in [0.2, 0.25) is 0 Å². The number of aromatic nitrogens is 2. The van der Waals surface area contributed by atoms with Gasteiger partial charge in [0.25, 0.3) is 15.6 Å². The second-order valence-corrected chi connectivity index (χ2v) is 8.30. The molecule has 0 unspecified atom stereocenters. The van der Waals surface area contributed by atoms with Crippen LogP contribution in [0.3, 0.4) is 0 Å². The van der Waals surface area contributed by atoms with E-state index in [9.17, 15) is 13.2 Å². The van der Waals surface area contributed by atoms with Crippen molar-refractivity contribution in [1.82, 2.24) is 9.38 Å². The van der Waals surface area contributed by atoms with Crippen molar-refractivity contribution >= 4 is 47.9 Å². The smallest absolute Gasteiger partial charge is 0.279 e. The molecule has 2 heterocycles. The van der Waals surface area contributed by atoms with E-state index < -0.39 is 15.6 Å². The maximum Gasteiger partial charge on any atom is 0.279 e. The maximum atomic E-state index is 12.6. The molecule has 120 valence electrons. The van der Waals surface area contributed by atoms with E-state index in [1.165, 1.54) is 28.9 Å². The van der Waals surface area contributed by atoms with Crippen LogP contribution in [0.1, 0.15) is 11.3 Å². The molecule has 1 aromatic carbocycles.